The van der Waals surface area contributed by atoms with Crippen LogP contribution in [0.2, 0.25) is 5.02 Å². The zero-order chi connectivity index (χ0) is 17.7. The molecule has 0 spiro atoms. The first-order chi connectivity index (χ1) is 11.2. The Morgan fingerprint density at radius 2 is 1.88 bits per heavy atom. The number of carbonyl (C=O) groups is 1. The molecule has 5 heteroatoms. The SMILES string of the molecule is CC(C)(C)OC(=O)N1Cc2cc(Cl)cnc2C1.Cc1ccccc1. The molecule has 3 rings (SSSR count). The van der Waals surface area contributed by atoms with Gasteiger partial charge in [-0.3, -0.25) is 9.88 Å². The molecule has 2 heterocycles. The molecule has 0 fully saturated rings. The van der Waals surface area contributed by atoms with Gasteiger partial charge < -0.3 is 4.74 Å². The van der Waals surface area contributed by atoms with Gasteiger partial charge in [0.1, 0.15) is 5.60 Å². The predicted octanol–water partition coefficient (Wildman–Crippen LogP) is 4.98. The van der Waals surface area contributed by atoms with Crippen molar-refractivity contribution in [2.75, 3.05) is 0 Å². The number of hydrogen-bond acceptors (Lipinski definition) is 3. The van der Waals surface area contributed by atoms with Crippen molar-refractivity contribution in [2.45, 2.75) is 46.4 Å². The van der Waals surface area contributed by atoms with E-state index in [0.29, 0.717) is 18.1 Å². The van der Waals surface area contributed by atoms with Crippen molar-refractivity contribution in [3.8, 4) is 0 Å². The van der Waals surface area contributed by atoms with E-state index in [9.17, 15) is 4.79 Å². The van der Waals surface area contributed by atoms with Crippen LogP contribution in [0.25, 0.3) is 0 Å². The molecule has 0 saturated carbocycles. The molecular formula is C19H23ClN2O2. The molecule has 0 N–H and O–H groups in total. The number of carbonyl (C=O) groups excluding carboxylic acids is 1. The van der Waals surface area contributed by atoms with Gasteiger partial charge in [-0.25, -0.2) is 4.79 Å². The molecular weight excluding hydrogens is 324 g/mol. The Hall–Kier alpha value is -2.07. The highest BCUT2D eigenvalue weighted by molar-refractivity contribution is 6.30. The van der Waals surface area contributed by atoms with Gasteiger partial charge in [-0.05, 0) is 39.3 Å². The third-order valence-electron chi connectivity index (χ3n) is 3.32. The summed E-state index contributed by atoms with van der Waals surface area (Å²) < 4.78 is 5.31. The second-order valence-corrected chi connectivity index (χ2v) is 7.19. The van der Waals surface area contributed by atoms with Crippen molar-refractivity contribution in [2.24, 2.45) is 0 Å². The van der Waals surface area contributed by atoms with Crippen LogP contribution in [0.3, 0.4) is 0 Å². The van der Waals surface area contributed by atoms with Gasteiger partial charge in [0.05, 0.1) is 23.8 Å². The first-order valence-electron chi connectivity index (χ1n) is 7.87. The fourth-order valence-corrected chi connectivity index (χ4v) is 2.40. The van der Waals surface area contributed by atoms with Crippen LogP contribution < -0.4 is 0 Å². The predicted molar refractivity (Wildman–Crippen MR) is 95.9 cm³/mol. The molecule has 2 aromatic rings. The maximum atomic E-state index is 11.9. The van der Waals surface area contributed by atoms with Crippen LogP contribution in [0, 0.1) is 6.92 Å². The van der Waals surface area contributed by atoms with Gasteiger partial charge >= 0.3 is 6.09 Å². The number of aryl methyl sites for hydroxylation is 1. The highest BCUT2D eigenvalue weighted by atomic mass is 35.5. The molecule has 128 valence electrons. The van der Waals surface area contributed by atoms with Crippen molar-refractivity contribution >= 4 is 17.7 Å². The van der Waals surface area contributed by atoms with Crippen LogP contribution >= 0.6 is 11.6 Å². The summed E-state index contributed by atoms with van der Waals surface area (Å²) in [6.45, 7) is 8.63. The van der Waals surface area contributed by atoms with Gasteiger partial charge in [-0.2, -0.15) is 0 Å². The van der Waals surface area contributed by atoms with Gasteiger partial charge in [-0.1, -0.05) is 47.5 Å². The Labute approximate surface area is 148 Å². The minimum absolute atomic E-state index is 0.313. The number of benzene rings is 1. The van der Waals surface area contributed by atoms with Crippen LogP contribution in [0.15, 0.2) is 42.6 Å². The third-order valence-corrected chi connectivity index (χ3v) is 3.53. The van der Waals surface area contributed by atoms with Crippen LogP contribution in [0.5, 0.6) is 0 Å². The summed E-state index contributed by atoms with van der Waals surface area (Å²) in [5.74, 6) is 0. The number of hydrogen-bond donors (Lipinski definition) is 0. The molecule has 4 nitrogen and oxygen atoms in total. The lowest BCUT2D eigenvalue weighted by Crippen LogP contribution is -2.33. The Morgan fingerprint density at radius 3 is 2.42 bits per heavy atom. The van der Waals surface area contributed by atoms with E-state index >= 15 is 0 Å². The molecule has 1 aliphatic rings. The molecule has 1 aliphatic heterocycles. The average Bonchev–Trinajstić information content (AvgIpc) is 2.90. The maximum Gasteiger partial charge on any atom is 0.410 e. The summed E-state index contributed by atoms with van der Waals surface area (Å²) in [4.78, 5) is 17.7. The van der Waals surface area contributed by atoms with Gasteiger partial charge in [0.25, 0.3) is 0 Å². The molecule has 0 unspecified atom stereocenters. The lowest BCUT2D eigenvalue weighted by atomic mass is 10.2. The number of pyridine rings is 1. The molecule has 1 aromatic heterocycles. The van der Waals surface area contributed by atoms with E-state index in [1.807, 2.05) is 45.0 Å². The van der Waals surface area contributed by atoms with E-state index < -0.39 is 5.60 Å². The molecule has 0 saturated heterocycles. The summed E-state index contributed by atoms with van der Waals surface area (Å²) in [5, 5.41) is 0.592. The van der Waals surface area contributed by atoms with Crippen LogP contribution in [0.4, 0.5) is 4.79 Å². The lowest BCUT2D eigenvalue weighted by Gasteiger charge is -2.23. The van der Waals surface area contributed by atoms with E-state index in [1.165, 1.54) is 5.56 Å². The molecule has 24 heavy (non-hydrogen) atoms. The number of amides is 1. The van der Waals surface area contributed by atoms with E-state index in [2.05, 4.69) is 24.0 Å². The number of ether oxygens (including phenoxy) is 1. The first kappa shape index (κ1) is 18.3. The fraction of sp³-hybridized carbons (Fsp3) is 0.368. The largest absolute Gasteiger partial charge is 0.444 e. The quantitative estimate of drug-likeness (QED) is 0.675. The van der Waals surface area contributed by atoms with Crippen molar-refractivity contribution in [1.82, 2.24) is 9.88 Å². The van der Waals surface area contributed by atoms with E-state index in [0.717, 1.165) is 11.3 Å². The molecule has 0 bridgehead atoms. The molecule has 1 aromatic carbocycles. The van der Waals surface area contributed by atoms with Crippen molar-refractivity contribution in [1.29, 1.82) is 0 Å². The smallest absolute Gasteiger partial charge is 0.410 e. The molecule has 1 amide bonds. The average molecular weight is 347 g/mol. The molecule has 0 radical (unpaired) electrons. The lowest BCUT2D eigenvalue weighted by molar-refractivity contribution is 0.0240. The minimum Gasteiger partial charge on any atom is -0.444 e. The van der Waals surface area contributed by atoms with Gasteiger partial charge in [0.15, 0.2) is 0 Å². The highest BCUT2D eigenvalue weighted by Crippen LogP contribution is 2.25. The third kappa shape index (κ3) is 5.53. The zero-order valence-electron chi connectivity index (χ0n) is 14.5. The second kappa shape index (κ2) is 7.67. The van der Waals surface area contributed by atoms with E-state index in [-0.39, 0.29) is 6.09 Å². The van der Waals surface area contributed by atoms with Crippen molar-refractivity contribution in [3.05, 3.63) is 64.4 Å². The summed E-state index contributed by atoms with van der Waals surface area (Å²) in [5.41, 5.74) is 2.72. The van der Waals surface area contributed by atoms with Crippen LogP contribution in [-0.4, -0.2) is 21.6 Å². The van der Waals surface area contributed by atoms with E-state index in [4.69, 9.17) is 16.3 Å². The fourth-order valence-electron chi connectivity index (χ4n) is 2.22. The van der Waals surface area contributed by atoms with Crippen molar-refractivity contribution in [3.63, 3.8) is 0 Å². The highest BCUT2D eigenvalue weighted by Gasteiger charge is 2.28. The normalized spacial score (nSPS) is 13.0. The number of aromatic nitrogens is 1. The number of fused-ring (bicyclic) bond motifs is 1. The van der Waals surface area contributed by atoms with Crippen LogP contribution in [-0.2, 0) is 17.8 Å². The monoisotopic (exact) mass is 346 g/mol. The second-order valence-electron chi connectivity index (χ2n) is 6.75. The summed E-state index contributed by atoms with van der Waals surface area (Å²) in [7, 11) is 0. The van der Waals surface area contributed by atoms with Gasteiger partial charge in [0.2, 0.25) is 0 Å². The minimum atomic E-state index is -0.475. The summed E-state index contributed by atoms with van der Waals surface area (Å²) in [6, 6.07) is 12.1. The summed E-state index contributed by atoms with van der Waals surface area (Å²) in [6.07, 6.45) is 1.28. The molecule has 0 atom stereocenters. The standard InChI is InChI=1S/C12H15ClN2O2.C7H8/c1-12(2,3)17-11(16)15-6-8-4-9(13)5-14-10(8)7-15;1-7-5-3-2-4-6-7/h4-5H,6-7H2,1-3H3;2-6H,1H3. The van der Waals surface area contributed by atoms with Crippen LogP contribution in [0.1, 0.15) is 37.6 Å². The maximum absolute atomic E-state index is 11.9. The van der Waals surface area contributed by atoms with Gasteiger partial charge in [0, 0.05) is 6.20 Å². The topological polar surface area (TPSA) is 42.4 Å². The number of nitrogens with zero attached hydrogens (tertiary/aromatic N) is 2. The Balaban J connectivity index is 0.000000249. The Bertz CT molecular complexity index is 696. The Kier molecular flexibility index (Phi) is 5.84. The number of rotatable bonds is 0. The summed E-state index contributed by atoms with van der Waals surface area (Å²) >= 11 is 5.86. The zero-order valence-corrected chi connectivity index (χ0v) is 15.3. The van der Waals surface area contributed by atoms with E-state index in [1.54, 1.807) is 11.1 Å². The molecule has 0 aliphatic carbocycles. The number of halogens is 1. The Morgan fingerprint density at radius 1 is 1.21 bits per heavy atom. The first-order valence-corrected chi connectivity index (χ1v) is 8.25. The van der Waals surface area contributed by atoms with Crippen molar-refractivity contribution < 1.29 is 9.53 Å². The van der Waals surface area contributed by atoms with Gasteiger partial charge in [-0.15, -0.1) is 0 Å².